The number of aldehydes is 1. The number of nitrogens with zero attached hydrogens (tertiary/aromatic N) is 2. The van der Waals surface area contributed by atoms with Crippen LogP contribution in [0.5, 0.6) is 0 Å². The minimum atomic E-state index is -1.21. The van der Waals surface area contributed by atoms with Crippen molar-refractivity contribution in [2.24, 2.45) is 0 Å². The first kappa shape index (κ1) is 10.6. The minimum absolute atomic E-state index is 0.00218. The molecule has 1 aromatic rings. The summed E-state index contributed by atoms with van der Waals surface area (Å²) in [6, 6.07) is 0. The summed E-state index contributed by atoms with van der Waals surface area (Å²) in [4.78, 5) is 28.8. The van der Waals surface area contributed by atoms with E-state index in [4.69, 9.17) is 5.11 Å². The van der Waals surface area contributed by atoms with Crippen molar-refractivity contribution in [2.45, 2.75) is 5.75 Å². The van der Waals surface area contributed by atoms with E-state index in [0.717, 1.165) is 0 Å². The minimum Gasteiger partial charge on any atom is -0.476 e. The number of carboxylic acids is 1. The van der Waals surface area contributed by atoms with Gasteiger partial charge in [-0.2, -0.15) is 11.8 Å². The van der Waals surface area contributed by atoms with E-state index in [2.05, 4.69) is 9.97 Å². The Balaban J connectivity index is 3.13. The van der Waals surface area contributed by atoms with Gasteiger partial charge in [0.25, 0.3) is 0 Å². The predicted molar refractivity (Wildman–Crippen MR) is 51.6 cm³/mol. The van der Waals surface area contributed by atoms with Crippen molar-refractivity contribution < 1.29 is 14.7 Å². The number of aromatic carboxylic acids is 1. The zero-order valence-corrected chi connectivity index (χ0v) is 8.24. The van der Waals surface area contributed by atoms with Crippen LogP contribution < -0.4 is 0 Å². The molecule has 0 bridgehead atoms. The molecule has 0 saturated carbocycles. The second-order valence-corrected chi connectivity index (χ2v) is 3.31. The number of carbonyl (C=O) groups is 2. The number of aromatic nitrogens is 2. The third-order valence-electron chi connectivity index (χ3n) is 1.47. The van der Waals surface area contributed by atoms with Gasteiger partial charge in [-0.3, -0.25) is 4.79 Å². The Bertz CT molecular complexity index is 368. The summed E-state index contributed by atoms with van der Waals surface area (Å²) >= 11 is 1.48. The molecule has 6 heteroatoms. The Hall–Kier alpha value is -1.43. The van der Waals surface area contributed by atoms with Crippen LogP contribution in [0, 0.1) is 0 Å². The summed E-state index contributed by atoms with van der Waals surface area (Å²) in [5.74, 6) is -0.267. The Labute approximate surface area is 84.6 Å². The number of rotatable bonds is 4. The highest BCUT2D eigenvalue weighted by Crippen LogP contribution is 2.07. The lowest BCUT2D eigenvalue weighted by Gasteiger charge is -2.00. The van der Waals surface area contributed by atoms with Gasteiger partial charge in [0, 0.05) is 6.20 Å². The standard InChI is InChI=1S/C8H8N2O3S/c1-14-4-6-9-2-5(3-11)7(10-6)8(12)13/h2-3H,4H2,1H3,(H,12,13). The molecule has 0 amide bonds. The van der Waals surface area contributed by atoms with Crippen LogP contribution in [0.4, 0.5) is 0 Å². The van der Waals surface area contributed by atoms with Crippen LogP contribution >= 0.6 is 11.8 Å². The second kappa shape index (κ2) is 4.71. The van der Waals surface area contributed by atoms with Crippen molar-refractivity contribution in [3.05, 3.63) is 23.3 Å². The van der Waals surface area contributed by atoms with Crippen LogP contribution in [-0.4, -0.2) is 33.6 Å². The van der Waals surface area contributed by atoms with E-state index >= 15 is 0 Å². The van der Waals surface area contributed by atoms with E-state index in [9.17, 15) is 9.59 Å². The smallest absolute Gasteiger partial charge is 0.355 e. The fraction of sp³-hybridized carbons (Fsp3) is 0.250. The van der Waals surface area contributed by atoms with E-state index in [1.165, 1.54) is 18.0 Å². The monoisotopic (exact) mass is 212 g/mol. The van der Waals surface area contributed by atoms with Crippen LogP contribution in [0.1, 0.15) is 26.7 Å². The fourth-order valence-corrected chi connectivity index (χ4v) is 1.28. The van der Waals surface area contributed by atoms with E-state index in [1.54, 1.807) is 0 Å². The first-order valence-corrected chi connectivity index (χ1v) is 5.11. The molecule has 1 N–H and O–H groups in total. The molecule has 0 saturated heterocycles. The van der Waals surface area contributed by atoms with Gasteiger partial charge >= 0.3 is 5.97 Å². The Kier molecular flexibility index (Phi) is 3.58. The maximum atomic E-state index is 10.7. The molecule has 0 aliphatic heterocycles. The highest BCUT2D eigenvalue weighted by molar-refractivity contribution is 7.97. The Morgan fingerprint density at radius 2 is 2.43 bits per heavy atom. The molecule has 74 valence electrons. The van der Waals surface area contributed by atoms with Gasteiger partial charge < -0.3 is 5.11 Å². The van der Waals surface area contributed by atoms with Crippen molar-refractivity contribution in [3.63, 3.8) is 0 Å². The molecular weight excluding hydrogens is 204 g/mol. The summed E-state index contributed by atoms with van der Waals surface area (Å²) in [6.07, 6.45) is 3.53. The Morgan fingerprint density at radius 1 is 1.71 bits per heavy atom. The summed E-state index contributed by atoms with van der Waals surface area (Å²) in [5, 5.41) is 8.73. The Morgan fingerprint density at radius 3 is 2.93 bits per heavy atom. The number of hydrogen-bond acceptors (Lipinski definition) is 5. The average molecular weight is 212 g/mol. The van der Waals surface area contributed by atoms with Crippen molar-refractivity contribution >= 4 is 24.0 Å². The second-order valence-electron chi connectivity index (χ2n) is 2.45. The first-order valence-electron chi connectivity index (χ1n) is 3.72. The highest BCUT2D eigenvalue weighted by Gasteiger charge is 2.12. The molecule has 1 rings (SSSR count). The van der Waals surface area contributed by atoms with Gasteiger partial charge in [0.15, 0.2) is 12.0 Å². The molecule has 14 heavy (non-hydrogen) atoms. The summed E-state index contributed by atoms with van der Waals surface area (Å²) < 4.78 is 0. The largest absolute Gasteiger partial charge is 0.476 e. The van der Waals surface area contributed by atoms with Gasteiger partial charge in [0.2, 0.25) is 0 Å². The molecule has 1 aromatic heterocycles. The van der Waals surface area contributed by atoms with E-state index < -0.39 is 5.97 Å². The predicted octanol–water partition coefficient (Wildman–Crippen LogP) is 0.850. The van der Waals surface area contributed by atoms with Crippen LogP contribution in [0.15, 0.2) is 6.20 Å². The first-order chi connectivity index (χ1) is 6.69. The zero-order chi connectivity index (χ0) is 10.6. The van der Waals surface area contributed by atoms with Gasteiger partial charge in [-0.1, -0.05) is 0 Å². The van der Waals surface area contributed by atoms with Crippen LogP contribution in [-0.2, 0) is 5.75 Å². The maximum Gasteiger partial charge on any atom is 0.355 e. The van der Waals surface area contributed by atoms with E-state index in [-0.39, 0.29) is 11.3 Å². The molecule has 0 unspecified atom stereocenters. The van der Waals surface area contributed by atoms with Crippen LogP contribution in [0.25, 0.3) is 0 Å². The normalized spacial score (nSPS) is 9.79. The summed E-state index contributed by atoms with van der Waals surface area (Å²) in [5.41, 5.74) is -0.235. The van der Waals surface area contributed by atoms with Gasteiger partial charge in [0.1, 0.15) is 5.82 Å². The lowest BCUT2D eigenvalue weighted by molar-refractivity contribution is 0.0687. The van der Waals surface area contributed by atoms with Gasteiger partial charge in [-0.15, -0.1) is 0 Å². The maximum absolute atomic E-state index is 10.7. The molecule has 0 radical (unpaired) electrons. The molecular formula is C8H8N2O3S. The summed E-state index contributed by atoms with van der Waals surface area (Å²) in [7, 11) is 0. The quantitative estimate of drug-likeness (QED) is 0.745. The fourth-order valence-electron chi connectivity index (χ4n) is 0.884. The third-order valence-corrected chi connectivity index (χ3v) is 2.02. The van der Waals surface area contributed by atoms with Crippen LogP contribution in [0.3, 0.4) is 0 Å². The van der Waals surface area contributed by atoms with Crippen molar-refractivity contribution in [1.29, 1.82) is 0 Å². The number of carbonyl (C=O) groups excluding carboxylic acids is 1. The molecule has 0 atom stereocenters. The lowest BCUT2D eigenvalue weighted by Crippen LogP contribution is -2.08. The van der Waals surface area contributed by atoms with Crippen molar-refractivity contribution in [3.8, 4) is 0 Å². The molecule has 0 aliphatic carbocycles. The number of carboxylic acid groups (broad SMARTS) is 1. The van der Waals surface area contributed by atoms with E-state index in [0.29, 0.717) is 17.9 Å². The molecule has 0 aromatic carbocycles. The molecule has 0 spiro atoms. The average Bonchev–Trinajstić information content (AvgIpc) is 2.18. The highest BCUT2D eigenvalue weighted by atomic mass is 32.2. The molecule has 0 fully saturated rings. The molecule has 0 aliphatic rings. The number of hydrogen-bond donors (Lipinski definition) is 1. The summed E-state index contributed by atoms with van der Waals surface area (Å²) in [6.45, 7) is 0. The van der Waals surface area contributed by atoms with Crippen molar-refractivity contribution in [1.82, 2.24) is 9.97 Å². The lowest BCUT2D eigenvalue weighted by atomic mass is 10.2. The number of thioether (sulfide) groups is 1. The van der Waals surface area contributed by atoms with Gasteiger partial charge in [-0.05, 0) is 6.26 Å². The van der Waals surface area contributed by atoms with Gasteiger partial charge in [-0.25, -0.2) is 14.8 Å². The van der Waals surface area contributed by atoms with E-state index in [1.807, 2.05) is 6.26 Å². The third kappa shape index (κ3) is 2.29. The SMILES string of the molecule is CSCc1ncc(C=O)c(C(=O)O)n1. The van der Waals surface area contributed by atoms with Crippen molar-refractivity contribution in [2.75, 3.05) is 6.26 Å². The van der Waals surface area contributed by atoms with Gasteiger partial charge in [0.05, 0.1) is 11.3 Å². The van der Waals surface area contributed by atoms with Crippen LogP contribution in [0.2, 0.25) is 0 Å². The molecule has 1 heterocycles. The zero-order valence-electron chi connectivity index (χ0n) is 7.43. The topological polar surface area (TPSA) is 80.2 Å². The molecule has 5 nitrogen and oxygen atoms in total.